The van der Waals surface area contributed by atoms with Crippen LogP contribution in [-0.2, 0) is 4.84 Å². The summed E-state index contributed by atoms with van der Waals surface area (Å²) >= 11 is 0. The number of carbonyl (C=O) groups excluding carboxylic acids is 3. The highest BCUT2D eigenvalue weighted by molar-refractivity contribution is 6.21. The third-order valence-electron chi connectivity index (χ3n) is 4.65. The van der Waals surface area contributed by atoms with Crippen molar-refractivity contribution in [1.29, 1.82) is 0 Å². The Bertz CT molecular complexity index is 802. The van der Waals surface area contributed by atoms with Gasteiger partial charge in [0.1, 0.15) is 0 Å². The summed E-state index contributed by atoms with van der Waals surface area (Å²) in [4.78, 5) is 41.7. The van der Waals surface area contributed by atoms with Crippen LogP contribution < -0.4 is 0 Å². The molecule has 1 fully saturated rings. The number of imide groups is 1. The van der Waals surface area contributed by atoms with Crippen molar-refractivity contribution in [3.63, 3.8) is 0 Å². The van der Waals surface area contributed by atoms with E-state index < -0.39 is 17.8 Å². The van der Waals surface area contributed by atoms with Gasteiger partial charge < -0.3 is 4.84 Å². The van der Waals surface area contributed by atoms with Crippen LogP contribution in [-0.4, -0.2) is 22.8 Å². The first-order valence-electron chi connectivity index (χ1n) is 7.95. The maximum Gasteiger partial charge on any atom is 0.363 e. The van der Waals surface area contributed by atoms with E-state index in [1.54, 1.807) is 24.3 Å². The second-order valence-electron chi connectivity index (χ2n) is 6.08. The van der Waals surface area contributed by atoms with E-state index in [1.807, 2.05) is 12.1 Å². The summed E-state index contributed by atoms with van der Waals surface area (Å²) in [7, 11) is 0. The zero-order valence-corrected chi connectivity index (χ0v) is 12.9. The molecule has 2 aromatic rings. The molecule has 2 amide bonds. The molecule has 5 nitrogen and oxygen atoms in total. The second-order valence-corrected chi connectivity index (χ2v) is 6.08. The number of amides is 2. The van der Waals surface area contributed by atoms with Gasteiger partial charge in [0.15, 0.2) is 0 Å². The maximum absolute atomic E-state index is 12.2. The monoisotopic (exact) mass is 321 g/mol. The molecule has 0 saturated heterocycles. The van der Waals surface area contributed by atoms with Crippen LogP contribution in [0.3, 0.4) is 0 Å². The highest BCUT2D eigenvalue weighted by Crippen LogP contribution is 2.36. The third-order valence-corrected chi connectivity index (χ3v) is 4.65. The van der Waals surface area contributed by atoms with E-state index in [4.69, 9.17) is 4.84 Å². The van der Waals surface area contributed by atoms with E-state index >= 15 is 0 Å². The van der Waals surface area contributed by atoms with Crippen molar-refractivity contribution in [1.82, 2.24) is 5.06 Å². The summed E-state index contributed by atoms with van der Waals surface area (Å²) in [6.45, 7) is 0. The van der Waals surface area contributed by atoms with Gasteiger partial charge in [0, 0.05) is 0 Å². The number of fused-ring (bicyclic) bond motifs is 1. The van der Waals surface area contributed by atoms with Crippen LogP contribution in [0.1, 0.15) is 61.8 Å². The van der Waals surface area contributed by atoms with Gasteiger partial charge in [-0.25, -0.2) is 4.79 Å². The lowest BCUT2D eigenvalue weighted by Crippen LogP contribution is -2.32. The SMILES string of the molecule is O=C(ON1C(=O)c2ccccc2C1=O)c1ccc(C2CCC2)cc1. The number of hydrogen-bond acceptors (Lipinski definition) is 4. The van der Waals surface area contributed by atoms with Gasteiger partial charge in [-0.1, -0.05) is 35.7 Å². The largest absolute Gasteiger partial charge is 0.363 e. The Morgan fingerprint density at radius 1 is 0.917 bits per heavy atom. The normalized spacial score (nSPS) is 16.8. The van der Waals surface area contributed by atoms with Gasteiger partial charge in [-0.3, -0.25) is 9.59 Å². The molecule has 0 atom stereocenters. The van der Waals surface area contributed by atoms with E-state index in [0.717, 1.165) is 0 Å². The van der Waals surface area contributed by atoms with Gasteiger partial charge in [0.05, 0.1) is 16.7 Å². The summed E-state index contributed by atoms with van der Waals surface area (Å²) in [5.74, 6) is -1.37. The lowest BCUT2D eigenvalue weighted by Gasteiger charge is -2.25. The van der Waals surface area contributed by atoms with Gasteiger partial charge >= 0.3 is 5.97 Å². The Labute approximate surface area is 138 Å². The molecule has 0 N–H and O–H groups in total. The fraction of sp³-hybridized carbons (Fsp3) is 0.211. The molecule has 4 rings (SSSR count). The summed E-state index contributed by atoms with van der Waals surface area (Å²) < 4.78 is 0. The van der Waals surface area contributed by atoms with Crippen LogP contribution in [0, 0.1) is 0 Å². The van der Waals surface area contributed by atoms with Crippen LogP contribution in [0.25, 0.3) is 0 Å². The zero-order chi connectivity index (χ0) is 16.7. The predicted molar refractivity (Wildman–Crippen MR) is 85.4 cm³/mol. The fourth-order valence-electron chi connectivity index (χ4n) is 3.02. The molecule has 24 heavy (non-hydrogen) atoms. The minimum Gasteiger partial charge on any atom is -0.324 e. The summed E-state index contributed by atoms with van der Waals surface area (Å²) in [5.41, 5.74) is 2.01. The smallest absolute Gasteiger partial charge is 0.324 e. The van der Waals surface area contributed by atoms with Gasteiger partial charge in [0.2, 0.25) is 0 Å². The molecule has 0 unspecified atom stereocenters. The molecule has 0 spiro atoms. The minimum atomic E-state index is -0.718. The number of carbonyl (C=O) groups is 3. The van der Waals surface area contributed by atoms with Crippen molar-refractivity contribution < 1.29 is 19.2 Å². The van der Waals surface area contributed by atoms with Crippen LogP contribution in [0.5, 0.6) is 0 Å². The number of rotatable bonds is 3. The van der Waals surface area contributed by atoms with Crippen molar-refractivity contribution in [3.05, 3.63) is 70.8 Å². The first kappa shape index (κ1) is 14.6. The Hall–Kier alpha value is -2.95. The lowest BCUT2D eigenvalue weighted by molar-refractivity contribution is -0.0584. The van der Waals surface area contributed by atoms with Crippen molar-refractivity contribution in [3.8, 4) is 0 Å². The molecule has 1 aliphatic heterocycles. The summed E-state index contributed by atoms with van der Waals surface area (Å²) in [6, 6.07) is 13.6. The van der Waals surface area contributed by atoms with Gasteiger partial charge in [-0.2, -0.15) is 0 Å². The van der Waals surface area contributed by atoms with Crippen molar-refractivity contribution in [2.24, 2.45) is 0 Å². The Morgan fingerprint density at radius 3 is 2.00 bits per heavy atom. The molecule has 5 heteroatoms. The standard InChI is InChI=1S/C19H15NO4/c21-17-15-6-1-2-7-16(15)18(22)20(17)24-19(23)14-10-8-13(9-11-14)12-4-3-5-12/h1-2,6-12H,3-5H2. The average Bonchev–Trinajstić information content (AvgIpc) is 2.79. The molecule has 0 bridgehead atoms. The molecule has 2 aromatic carbocycles. The molecule has 1 saturated carbocycles. The Morgan fingerprint density at radius 2 is 1.50 bits per heavy atom. The van der Waals surface area contributed by atoms with Crippen molar-refractivity contribution >= 4 is 17.8 Å². The van der Waals surface area contributed by atoms with Gasteiger partial charge in [-0.15, -0.1) is 0 Å². The Kier molecular flexibility index (Phi) is 3.41. The highest BCUT2D eigenvalue weighted by Gasteiger charge is 2.38. The number of hydrogen-bond donors (Lipinski definition) is 0. The first-order valence-corrected chi connectivity index (χ1v) is 7.95. The van der Waals surface area contributed by atoms with Crippen LogP contribution in [0.2, 0.25) is 0 Å². The van der Waals surface area contributed by atoms with E-state index in [9.17, 15) is 14.4 Å². The number of nitrogens with zero attached hydrogens (tertiary/aromatic N) is 1. The lowest BCUT2D eigenvalue weighted by atomic mass is 9.80. The van der Waals surface area contributed by atoms with E-state index in [1.165, 1.54) is 37.0 Å². The average molecular weight is 321 g/mol. The van der Waals surface area contributed by atoms with E-state index in [0.29, 0.717) is 16.5 Å². The van der Waals surface area contributed by atoms with Crippen LogP contribution >= 0.6 is 0 Å². The molecule has 1 heterocycles. The third kappa shape index (κ3) is 2.29. The highest BCUT2D eigenvalue weighted by atomic mass is 16.7. The Balaban J connectivity index is 1.50. The van der Waals surface area contributed by atoms with Gasteiger partial charge in [-0.05, 0) is 48.6 Å². The second kappa shape index (κ2) is 5.60. The molecule has 0 radical (unpaired) electrons. The molecule has 0 aromatic heterocycles. The molecular formula is C19H15NO4. The van der Waals surface area contributed by atoms with Crippen LogP contribution in [0.15, 0.2) is 48.5 Å². The molecule has 2 aliphatic rings. The zero-order valence-electron chi connectivity index (χ0n) is 12.9. The maximum atomic E-state index is 12.2. The van der Waals surface area contributed by atoms with E-state index in [-0.39, 0.29) is 11.1 Å². The predicted octanol–water partition coefficient (Wildman–Crippen LogP) is 3.32. The van der Waals surface area contributed by atoms with E-state index in [2.05, 4.69) is 0 Å². The number of benzene rings is 2. The molecular weight excluding hydrogens is 306 g/mol. The first-order chi connectivity index (χ1) is 11.6. The minimum absolute atomic E-state index is 0.246. The fourth-order valence-corrected chi connectivity index (χ4v) is 3.02. The van der Waals surface area contributed by atoms with Crippen LogP contribution in [0.4, 0.5) is 0 Å². The summed E-state index contributed by atoms with van der Waals surface area (Å²) in [6.07, 6.45) is 3.60. The molecule has 1 aliphatic carbocycles. The topological polar surface area (TPSA) is 63.7 Å². The van der Waals surface area contributed by atoms with Gasteiger partial charge in [0.25, 0.3) is 11.8 Å². The van der Waals surface area contributed by atoms with Crippen molar-refractivity contribution in [2.75, 3.05) is 0 Å². The summed E-state index contributed by atoms with van der Waals surface area (Å²) in [5, 5.41) is 0.535. The van der Waals surface area contributed by atoms with Crippen molar-refractivity contribution in [2.45, 2.75) is 25.2 Å². The molecule has 120 valence electrons. The number of hydroxylamine groups is 2. The quantitative estimate of drug-likeness (QED) is 0.814.